The highest BCUT2D eigenvalue weighted by Gasteiger charge is 2.42. The molecule has 0 aliphatic carbocycles. The smallest absolute Gasteiger partial charge is 0.311 e. The molecule has 0 radical (unpaired) electrons. The molecule has 5 N–H and O–H groups in total. The van der Waals surface area contributed by atoms with Crippen LogP contribution < -0.4 is 16.2 Å². The number of nitrogens with zero attached hydrogens (tertiary/aromatic N) is 2. The molecule has 3 rings (SSSR count). The molecule has 12 heteroatoms. The Morgan fingerprint density at radius 3 is 2.88 bits per heavy atom. The van der Waals surface area contributed by atoms with Gasteiger partial charge in [-0.25, -0.2) is 0 Å². The lowest BCUT2D eigenvalue weighted by molar-refractivity contribution is -0.138. The van der Waals surface area contributed by atoms with Crippen molar-refractivity contribution in [1.82, 2.24) is 14.5 Å². The number of aliphatic carboxylic acids is 1. The van der Waals surface area contributed by atoms with Crippen molar-refractivity contribution >= 4 is 45.4 Å². The Bertz CT molecular complexity index is 903. The number of aliphatic hydroxyl groups excluding tert-OH is 1. The SMILES string of the molecule is C[C@H](O)C1OC(n2c(=O)sc3c(=O)[nH]c(N)nc32)C(CC(=O)O)S1. The third kappa shape index (κ3) is 2.92. The minimum Gasteiger partial charge on any atom is -0.481 e. The molecule has 4 atom stereocenters. The number of nitrogen functional groups attached to an aromatic ring is 1. The summed E-state index contributed by atoms with van der Waals surface area (Å²) < 4.78 is 6.89. The summed E-state index contributed by atoms with van der Waals surface area (Å²) in [7, 11) is 0. The summed E-state index contributed by atoms with van der Waals surface area (Å²) in [5.74, 6) is -1.23. The molecular formula is C12H14N4O6S2. The molecule has 1 aliphatic heterocycles. The molecule has 1 fully saturated rings. The highest BCUT2D eigenvalue weighted by molar-refractivity contribution is 8.00. The first kappa shape index (κ1) is 17.0. The Balaban J connectivity index is 2.13. The van der Waals surface area contributed by atoms with E-state index in [-0.39, 0.29) is 22.7 Å². The minimum atomic E-state index is -1.06. The Kier molecular flexibility index (Phi) is 4.38. The van der Waals surface area contributed by atoms with E-state index in [2.05, 4.69) is 9.97 Å². The third-order valence-corrected chi connectivity index (χ3v) is 5.88. The van der Waals surface area contributed by atoms with Crippen molar-refractivity contribution in [2.24, 2.45) is 0 Å². The third-order valence-electron chi connectivity index (χ3n) is 3.42. The average Bonchev–Trinajstić information content (AvgIpc) is 2.99. The van der Waals surface area contributed by atoms with Crippen molar-refractivity contribution in [3.63, 3.8) is 0 Å². The zero-order valence-electron chi connectivity index (χ0n) is 12.3. The van der Waals surface area contributed by atoms with E-state index in [0.717, 1.165) is 16.3 Å². The maximum atomic E-state index is 12.3. The first-order valence-corrected chi connectivity index (χ1v) is 8.65. The molecule has 0 bridgehead atoms. The summed E-state index contributed by atoms with van der Waals surface area (Å²) in [5, 5.41) is 18.2. The second-order valence-corrected chi connectivity index (χ2v) is 7.55. The van der Waals surface area contributed by atoms with Gasteiger partial charge in [-0.3, -0.25) is 23.9 Å². The minimum absolute atomic E-state index is 0.0403. The molecular weight excluding hydrogens is 360 g/mol. The van der Waals surface area contributed by atoms with Crippen LogP contribution in [0.3, 0.4) is 0 Å². The van der Waals surface area contributed by atoms with E-state index in [1.54, 1.807) is 0 Å². The van der Waals surface area contributed by atoms with Crippen LogP contribution in [0, 0.1) is 0 Å². The first-order chi connectivity index (χ1) is 11.3. The van der Waals surface area contributed by atoms with Crippen molar-refractivity contribution in [3.05, 3.63) is 20.0 Å². The predicted octanol–water partition coefficient (Wildman–Crippen LogP) is -0.459. The molecule has 3 unspecified atom stereocenters. The van der Waals surface area contributed by atoms with Gasteiger partial charge in [0.15, 0.2) is 11.9 Å². The lowest BCUT2D eigenvalue weighted by Crippen LogP contribution is -2.29. The number of hydrogen-bond acceptors (Lipinski definition) is 9. The van der Waals surface area contributed by atoms with E-state index in [0.29, 0.717) is 11.3 Å². The van der Waals surface area contributed by atoms with Crippen LogP contribution in [0.1, 0.15) is 19.6 Å². The number of aromatic nitrogens is 3. The highest BCUT2D eigenvalue weighted by Crippen LogP contribution is 2.42. The molecule has 3 heterocycles. The molecule has 0 spiro atoms. The average molecular weight is 374 g/mol. The van der Waals surface area contributed by atoms with E-state index in [1.807, 2.05) is 0 Å². The van der Waals surface area contributed by atoms with Gasteiger partial charge in [0.05, 0.1) is 17.8 Å². The van der Waals surface area contributed by atoms with E-state index in [4.69, 9.17) is 15.6 Å². The summed E-state index contributed by atoms with van der Waals surface area (Å²) in [6, 6.07) is 0. The number of nitrogens with two attached hydrogens (primary N) is 1. The molecule has 0 amide bonds. The fraction of sp³-hybridized carbons (Fsp3) is 0.500. The van der Waals surface area contributed by atoms with Crippen molar-refractivity contribution in [2.75, 3.05) is 5.73 Å². The second-order valence-electron chi connectivity index (χ2n) is 5.25. The number of fused-ring (bicyclic) bond motifs is 1. The fourth-order valence-corrected chi connectivity index (χ4v) is 4.59. The van der Waals surface area contributed by atoms with Gasteiger partial charge >= 0.3 is 10.8 Å². The van der Waals surface area contributed by atoms with Gasteiger partial charge in [0, 0.05) is 0 Å². The van der Waals surface area contributed by atoms with E-state index >= 15 is 0 Å². The fourth-order valence-electron chi connectivity index (χ4n) is 2.44. The largest absolute Gasteiger partial charge is 0.481 e. The number of carboxylic acid groups (broad SMARTS) is 1. The number of carbonyl (C=O) groups is 1. The topological polar surface area (TPSA) is 161 Å². The van der Waals surface area contributed by atoms with Crippen molar-refractivity contribution < 1.29 is 19.7 Å². The number of hydrogen-bond donors (Lipinski definition) is 4. The first-order valence-electron chi connectivity index (χ1n) is 6.89. The van der Waals surface area contributed by atoms with Crippen LogP contribution in [0.2, 0.25) is 0 Å². The van der Waals surface area contributed by atoms with Gasteiger partial charge in [0.25, 0.3) is 5.56 Å². The summed E-state index contributed by atoms with van der Waals surface area (Å²) >= 11 is 1.80. The van der Waals surface area contributed by atoms with Gasteiger partial charge in [-0.05, 0) is 6.92 Å². The van der Waals surface area contributed by atoms with Gasteiger partial charge in [-0.1, -0.05) is 11.3 Å². The number of rotatable bonds is 4. The van der Waals surface area contributed by atoms with Crippen LogP contribution in [-0.4, -0.2) is 47.5 Å². The van der Waals surface area contributed by atoms with Crippen LogP contribution in [0.5, 0.6) is 0 Å². The van der Waals surface area contributed by atoms with Crippen LogP contribution in [-0.2, 0) is 9.53 Å². The van der Waals surface area contributed by atoms with Crippen LogP contribution in [0.25, 0.3) is 10.3 Å². The van der Waals surface area contributed by atoms with Gasteiger partial charge < -0.3 is 20.7 Å². The van der Waals surface area contributed by atoms with Crippen molar-refractivity contribution in [3.8, 4) is 0 Å². The normalized spacial score (nSPS) is 25.2. The molecule has 2 aromatic heterocycles. The monoisotopic (exact) mass is 374 g/mol. The number of aromatic amines is 1. The summed E-state index contributed by atoms with van der Waals surface area (Å²) in [5.41, 5.74) is 4.33. The number of aliphatic hydroxyl groups is 1. The lowest BCUT2D eigenvalue weighted by atomic mass is 10.2. The van der Waals surface area contributed by atoms with E-state index in [9.17, 15) is 19.5 Å². The zero-order valence-corrected chi connectivity index (χ0v) is 14.0. The summed E-state index contributed by atoms with van der Waals surface area (Å²) in [6.45, 7) is 1.51. The van der Waals surface area contributed by atoms with Crippen LogP contribution in [0.15, 0.2) is 9.59 Å². The van der Waals surface area contributed by atoms with Crippen LogP contribution in [0.4, 0.5) is 5.95 Å². The molecule has 0 saturated carbocycles. The van der Waals surface area contributed by atoms with Gasteiger partial charge in [0.2, 0.25) is 5.95 Å². The standard InChI is InChI=1S/C12H14N4O6S2/c1-3(17)10-22-9(4(23-10)2-5(18)19)16-7-6(24-12(16)21)8(20)15-11(13)14-7/h3-4,9-10,17H,2H2,1H3,(H,18,19)(H3,13,14,15,20)/t3-,4?,9?,10?/m0/s1. The Morgan fingerprint density at radius 2 is 2.25 bits per heavy atom. The molecule has 130 valence electrons. The van der Waals surface area contributed by atoms with Gasteiger partial charge in [-0.15, -0.1) is 11.8 Å². The molecule has 1 aliphatic rings. The molecule has 0 aromatic carbocycles. The number of thiazole rings is 1. The number of ether oxygens (including phenoxy) is 1. The van der Waals surface area contributed by atoms with E-state index < -0.39 is 39.4 Å². The number of nitrogens with one attached hydrogen (secondary N) is 1. The maximum Gasteiger partial charge on any atom is 0.311 e. The van der Waals surface area contributed by atoms with E-state index in [1.165, 1.54) is 6.92 Å². The Labute approximate surface area is 142 Å². The second kappa shape index (κ2) is 6.20. The summed E-state index contributed by atoms with van der Waals surface area (Å²) in [6.07, 6.45) is -2.11. The van der Waals surface area contributed by atoms with Crippen molar-refractivity contribution in [1.29, 1.82) is 0 Å². The quantitative estimate of drug-likeness (QED) is 0.555. The lowest BCUT2D eigenvalue weighted by Gasteiger charge is -2.17. The summed E-state index contributed by atoms with van der Waals surface area (Å²) in [4.78, 5) is 41.1. The Morgan fingerprint density at radius 1 is 1.54 bits per heavy atom. The number of carboxylic acids is 1. The Hall–Kier alpha value is -1.89. The number of H-pyrrole nitrogens is 1. The zero-order chi connectivity index (χ0) is 17.6. The predicted molar refractivity (Wildman–Crippen MR) is 88.1 cm³/mol. The van der Waals surface area contributed by atoms with Gasteiger partial charge in [0.1, 0.15) is 10.1 Å². The number of thioether (sulfide) groups is 1. The molecule has 24 heavy (non-hydrogen) atoms. The van der Waals surface area contributed by atoms with Crippen LogP contribution >= 0.6 is 23.1 Å². The molecule has 10 nitrogen and oxygen atoms in total. The molecule has 1 saturated heterocycles. The highest BCUT2D eigenvalue weighted by atomic mass is 32.2. The van der Waals surface area contributed by atoms with Gasteiger partial charge in [-0.2, -0.15) is 4.98 Å². The maximum absolute atomic E-state index is 12.3. The van der Waals surface area contributed by atoms with Crippen molar-refractivity contribution in [2.45, 2.75) is 36.4 Å². The number of anilines is 1. The molecule has 2 aromatic rings.